The lowest BCUT2D eigenvalue weighted by molar-refractivity contribution is 0.102. The number of anilines is 1. The van der Waals surface area contributed by atoms with Crippen molar-refractivity contribution in [3.05, 3.63) is 89.3 Å². The van der Waals surface area contributed by atoms with Gasteiger partial charge in [-0.1, -0.05) is 37.2 Å². The van der Waals surface area contributed by atoms with Crippen LogP contribution in [0.3, 0.4) is 0 Å². The minimum Gasteiger partial charge on any atom is -0.516 e. The maximum Gasteiger partial charge on any atom is 0.0779 e. The summed E-state index contributed by atoms with van der Waals surface area (Å²) in [6.07, 6.45) is 15.1. The summed E-state index contributed by atoms with van der Waals surface area (Å²) < 4.78 is 2.48. The fourth-order valence-electron chi connectivity index (χ4n) is 4.95. The summed E-state index contributed by atoms with van der Waals surface area (Å²) in [5.41, 5.74) is 9.82. The number of hydrogen-bond donors (Lipinski definition) is 2. The molecule has 1 aliphatic rings. The van der Waals surface area contributed by atoms with Gasteiger partial charge in [-0.25, -0.2) is 0 Å². The van der Waals surface area contributed by atoms with Gasteiger partial charge in [0.1, 0.15) is 0 Å². The molecule has 0 unspecified atom stereocenters. The van der Waals surface area contributed by atoms with E-state index >= 15 is 0 Å². The van der Waals surface area contributed by atoms with E-state index in [2.05, 4.69) is 77.8 Å². The predicted molar refractivity (Wildman–Crippen MR) is 169 cm³/mol. The minimum atomic E-state index is -0.500. The number of halogens is 1. The van der Waals surface area contributed by atoms with Crippen molar-refractivity contribution in [3.8, 4) is 24.0 Å². The van der Waals surface area contributed by atoms with Crippen LogP contribution in [0.1, 0.15) is 50.2 Å². The second kappa shape index (κ2) is 14.6. The van der Waals surface area contributed by atoms with Gasteiger partial charge < -0.3 is 19.7 Å². The van der Waals surface area contributed by atoms with Gasteiger partial charge in [-0.3, -0.25) is 9.97 Å². The van der Waals surface area contributed by atoms with Gasteiger partial charge in [0, 0.05) is 41.6 Å². The van der Waals surface area contributed by atoms with Crippen molar-refractivity contribution in [1.82, 2.24) is 14.5 Å². The summed E-state index contributed by atoms with van der Waals surface area (Å²) in [5, 5.41) is 18.0. The van der Waals surface area contributed by atoms with E-state index < -0.39 is 5.60 Å². The zero-order chi connectivity index (χ0) is 30.0. The Kier molecular flexibility index (Phi) is 11.8. The summed E-state index contributed by atoms with van der Waals surface area (Å²) in [6.45, 7) is 17.6. The molecule has 0 aliphatic carbocycles. The Labute approximate surface area is 244 Å². The van der Waals surface area contributed by atoms with Crippen LogP contribution in [0.2, 0.25) is 5.02 Å². The van der Waals surface area contributed by atoms with E-state index in [1.54, 1.807) is 33.2 Å². The van der Waals surface area contributed by atoms with Crippen LogP contribution in [0.15, 0.2) is 61.8 Å². The second-order valence-corrected chi connectivity index (χ2v) is 10.8. The first-order valence-corrected chi connectivity index (χ1v) is 13.6. The van der Waals surface area contributed by atoms with Crippen LogP contribution < -0.4 is 4.90 Å². The van der Waals surface area contributed by atoms with Gasteiger partial charge in [0.25, 0.3) is 0 Å². The lowest BCUT2D eigenvalue weighted by Crippen LogP contribution is -2.32. The summed E-state index contributed by atoms with van der Waals surface area (Å²) in [7, 11) is 0. The third-order valence-electron chi connectivity index (χ3n) is 6.27. The Morgan fingerprint density at radius 1 is 1.10 bits per heavy atom. The molecule has 0 spiro atoms. The monoisotopic (exact) mass is 560 g/mol. The zero-order valence-electron chi connectivity index (χ0n) is 24.4. The molecule has 0 amide bonds. The van der Waals surface area contributed by atoms with Crippen molar-refractivity contribution < 1.29 is 10.2 Å². The van der Waals surface area contributed by atoms with Crippen LogP contribution in [0, 0.1) is 26.7 Å². The topological polar surface area (TPSA) is 74.4 Å². The first-order valence-electron chi connectivity index (χ1n) is 13.2. The van der Waals surface area contributed by atoms with Crippen LogP contribution in [-0.4, -0.2) is 36.9 Å². The Hall–Kier alpha value is -3.79. The summed E-state index contributed by atoms with van der Waals surface area (Å²) >= 11 is 6.18. The molecule has 7 heteroatoms. The molecule has 1 aliphatic heterocycles. The molecule has 0 atom stereocenters. The molecule has 0 fully saturated rings. The molecule has 0 bridgehead atoms. The van der Waals surface area contributed by atoms with Crippen molar-refractivity contribution in [1.29, 1.82) is 0 Å². The van der Waals surface area contributed by atoms with Crippen LogP contribution in [0.4, 0.5) is 5.69 Å². The van der Waals surface area contributed by atoms with Crippen molar-refractivity contribution >= 4 is 28.2 Å². The third-order valence-corrected chi connectivity index (χ3v) is 6.52. The van der Waals surface area contributed by atoms with E-state index in [1.165, 1.54) is 44.5 Å². The average molecular weight is 561 g/mol. The molecule has 4 aromatic rings. The van der Waals surface area contributed by atoms with Crippen molar-refractivity contribution in [3.63, 3.8) is 0 Å². The Bertz CT molecular complexity index is 1410. The van der Waals surface area contributed by atoms with Crippen molar-refractivity contribution in [2.45, 2.75) is 66.7 Å². The van der Waals surface area contributed by atoms with Gasteiger partial charge >= 0.3 is 0 Å². The van der Waals surface area contributed by atoms with E-state index in [9.17, 15) is 0 Å². The molecule has 212 valence electrons. The van der Waals surface area contributed by atoms with Crippen LogP contribution >= 0.6 is 11.6 Å². The smallest absolute Gasteiger partial charge is 0.0779 e. The summed E-state index contributed by atoms with van der Waals surface area (Å²) in [4.78, 5) is 11.3. The molecule has 0 saturated carbocycles. The Morgan fingerprint density at radius 2 is 1.70 bits per heavy atom. The first kappa shape index (κ1) is 32.4. The molecular formula is C33H41ClN4O2. The molecule has 3 heterocycles. The number of nitrogens with zero attached hydrogens (tertiary/aromatic N) is 4. The molecule has 2 aromatic carbocycles. The average Bonchev–Trinajstić information content (AvgIpc) is 3.24. The SMILES string of the molecule is C#C.C=CO.CC(C)(C)O.CCc1c(C)c2c3c(cc(C)n3CCN2Cc2cnccn2)c1-c1ccc(Cl)cc1. The summed E-state index contributed by atoms with van der Waals surface area (Å²) in [5.74, 6) is 0. The standard InChI is InChI=1S/C25H25ClN4.C4H10O.C2H4O.C2H2/c1-4-21-17(3)24-25-22(23(21)18-5-7-19(26)8-6-18)13-16(2)30(25)12-11-29(24)15-20-14-27-9-10-28-20;1-4(2,3)5;1-2-3;1-2/h5-10,13-14H,4,11-12,15H2,1-3H3;5H,1-3H3;2-3H,1H2;1-2H. The fourth-order valence-corrected chi connectivity index (χ4v) is 5.08. The maximum absolute atomic E-state index is 8.52. The van der Waals surface area contributed by atoms with Gasteiger partial charge in [-0.2, -0.15) is 0 Å². The number of rotatable bonds is 4. The lowest BCUT2D eigenvalue weighted by atomic mass is 9.89. The Morgan fingerprint density at radius 3 is 2.23 bits per heavy atom. The lowest BCUT2D eigenvalue weighted by Gasteiger charge is -2.34. The summed E-state index contributed by atoms with van der Waals surface area (Å²) in [6, 6.07) is 10.6. The highest BCUT2D eigenvalue weighted by molar-refractivity contribution is 6.30. The molecule has 40 heavy (non-hydrogen) atoms. The van der Waals surface area contributed by atoms with Crippen LogP contribution in [0.5, 0.6) is 0 Å². The fraction of sp³-hybridized carbons (Fsp3) is 0.333. The number of aliphatic hydroxyl groups is 2. The van der Waals surface area contributed by atoms with Gasteiger partial charge in [0.15, 0.2) is 0 Å². The molecule has 0 saturated heterocycles. The highest BCUT2D eigenvalue weighted by Crippen LogP contribution is 2.45. The largest absolute Gasteiger partial charge is 0.516 e. The van der Waals surface area contributed by atoms with Gasteiger partial charge in [0.05, 0.1) is 41.5 Å². The number of hydrogen-bond acceptors (Lipinski definition) is 5. The normalized spacial score (nSPS) is 11.8. The molecule has 6 nitrogen and oxygen atoms in total. The van der Waals surface area contributed by atoms with E-state index in [4.69, 9.17) is 21.8 Å². The predicted octanol–water partition coefficient (Wildman–Crippen LogP) is 7.67. The molecular weight excluding hydrogens is 520 g/mol. The van der Waals surface area contributed by atoms with Crippen LogP contribution in [-0.2, 0) is 19.5 Å². The number of aryl methyl sites for hydroxylation is 1. The minimum absolute atomic E-state index is 0.500. The van der Waals surface area contributed by atoms with E-state index in [0.717, 1.165) is 43.0 Å². The Balaban J connectivity index is 0.000000491. The highest BCUT2D eigenvalue weighted by atomic mass is 35.5. The third kappa shape index (κ3) is 7.88. The van der Waals surface area contributed by atoms with E-state index in [0.29, 0.717) is 0 Å². The number of aromatic nitrogens is 3. The van der Waals surface area contributed by atoms with Gasteiger partial charge in [-0.05, 0) is 81.5 Å². The quantitative estimate of drug-likeness (QED) is 0.198. The first-order chi connectivity index (χ1) is 19.0. The number of aliphatic hydroxyl groups excluding tert-OH is 1. The van der Waals surface area contributed by atoms with Crippen molar-refractivity contribution in [2.75, 3.05) is 11.4 Å². The van der Waals surface area contributed by atoms with E-state index in [1.807, 2.05) is 18.3 Å². The second-order valence-electron chi connectivity index (χ2n) is 10.4. The number of benzene rings is 2. The zero-order valence-corrected chi connectivity index (χ0v) is 25.2. The molecule has 2 N–H and O–H groups in total. The molecule has 5 rings (SSSR count). The van der Waals surface area contributed by atoms with Gasteiger partial charge in [0.2, 0.25) is 0 Å². The number of terminal acetylenes is 1. The van der Waals surface area contributed by atoms with Gasteiger partial charge in [-0.15, -0.1) is 12.8 Å². The van der Waals surface area contributed by atoms with Crippen LogP contribution in [0.25, 0.3) is 22.0 Å². The molecule has 2 aromatic heterocycles. The van der Waals surface area contributed by atoms with Crippen molar-refractivity contribution in [2.24, 2.45) is 0 Å². The highest BCUT2D eigenvalue weighted by Gasteiger charge is 2.27. The van der Waals surface area contributed by atoms with E-state index in [-0.39, 0.29) is 0 Å². The maximum atomic E-state index is 8.52. The molecule has 0 radical (unpaired) electrons.